The number of methoxy groups -OCH3 is 2. The van der Waals surface area contributed by atoms with Crippen molar-refractivity contribution < 1.29 is 28.5 Å². The summed E-state index contributed by atoms with van der Waals surface area (Å²) in [6.07, 6.45) is 0.904. The van der Waals surface area contributed by atoms with Crippen LogP contribution in [0.5, 0.6) is 5.75 Å². The van der Waals surface area contributed by atoms with Gasteiger partial charge in [0.25, 0.3) is 5.91 Å². The highest BCUT2D eigenvalue weighted by molar-refractivity contribution is 5.94. The minimum atomic E-state index is -0.557. The number of hydrogen-bond donors (Lipinski definition) is 1. The standard InChI is InChI=1S/C18H20N4O6/c1-25-11-5-3-10(4-6-11)17(23)19-13-8-27-16-14(9-28-15(13)16)22-7-12(20-21-22)18(24)26-2/h3-7,13-16H,8-9H2,1-2H3,(H,19,23). The molecular formula is C18H20N4O6. The van der Waals surface area contributed by atoms with Crippen LogP contribution in [0.1, 0.15) is 26.9 Å². The number of aromatic nitrogens is 3. The summed E-state index contributed by atoms with van der Waals surface area (Å²) in [5.74, 6) is -0.0849. The van der Waals surface area contributed by atoms with Crippen LogP contribution in [-0.2, 0) is 14.2 Å². The molecular weight excluding hydrogens is 368 g/mol. The van der Waals surface area contributed by atoms with E-state index in [0.717, 1.165) is 0 Å². The van der Waals surface area contributed by atoms with Crippen LogP contribution in [0, 0.1) is 0 Å². The Morgan fingerprint density at radius 2 is 1.89 bits per heavy atom. The molecule has 0 aliphatic carbocycles. The van der Waals surface area contributed by atoms with Crippen LogP contribution in [0.15, 0.2) is 30.5 Å². The lowest BCUT2D eigenvalue weighted by molar-refractivity contribution is 0.0591. The Morgan fingerprint density at radius 1 is 1.14 bits per heavy atom. The lowest BCUT2D eigenvalue weighted by Gasteiger charge is -2.18. The molecule has 148 valence electrons. The van der Waals surface area contributed by atoms with Gasteiger partial charge >= 0.3 is 5.97 Å². The van der Waals surface area contributed by atoms with Gasteiger partial charge in [0, 0.05) is 5.56 Å². The van der Waals surface area contributed by atoms with Gasteiger partial charge < -0.3 is 24.3 Å². The average molecular weight is 388 g/mol. The molecule has 1 amide bonds. The first-order chi connectivity index (χ1) is 13.6. The number of carbonyl (C=O) groups is 2. The van der Waals surface area contributed by atoms with Crippen molar-refractivity contribution in [3.05, 3.63) is 41.7 Å². The second-order valence-electron chi connectivity index (χ2n) is 6.55. The van der Waals surface area contributed by atoms with Gasteiger partial charge in [-0.05, 0) is 24.3 Å². The van der Waals surface area contributed by atoms with Gasteiger partial charge in [-0.1, -0.05) is 5.21 Å². The molecule has 1 aromatic carbocycles. The Labute approximate surface area is 160 Å². The Bertz CT molecular complexity index is 867. The predicted molar refractivity (Wildman–Crippen MR) is 94.1 cm³/mol. The summed E-state index contributed by atoms with van der Waals surface area (Å²) in [6, 6.07) is 6.34. The first-order valence-corrected chi connectivity index (χ1v) is 8.79. The van der Waals surface area contributed by atoms with E-state index >= 15 is 0 Å². The fourth-order valence-corrected chi connectivity index (χ4v) is 3.46. The topological polar surface area (TPSA) is 114 Å². The van der Waals surface area contributed by atoms with E-state index < -0.39 is 5.97 Å². The number of fused-ring (bicyclic) bond motifs is 1. The molecule has 4 unspecified atom stereocenters. The summed E-state index contributed by atoms with van der Waals surface area (Å²) >= 11 is 0. The van der Waals surface area contributed by atoms with E-state index in [9.17, 15) is 9.59 Å². The number of esters is 1. The van der Waals surface area contributed by atoms with Crippen LogP contribution in [0.4, 0.5) is 0 Å². The van der Waals surface area contributed by atoms with Crippen molar-refractivity contribution in [3.8, 4) is 5.75 Å². The molecule has 2 aliphatic rings. The van der Waals surface area contributed by atoms with E-state index in [1.54, 1.807) is 36.1 Å². The zero-order chi connectivity index (χ0) is 19.7. The summed E-state index contributed by atoms with van der Waals surface area (Å²) in [5, 5.41) is 10.8. The molecule has 0 spiro atoms. The highest BCUT2D eigenvalue weighted by Crippen LogP contribution is 2.34. The van der Waals surface area contributed by atoms with E-state index in [-0.39, 0.29) is 35.9 Å². The van der Waals surface area contributed by atoms with E-state index in [1.807, 2.05) is 0 Å². The maximum Gasteiger partial charge on any atom is 0.360 e. The number of rotatable bonds is 5. The zero-order valence-corrected chi connectivity index (χ0v) is 15.4. The van der Waals surface area contributed by atoms with Crippen molar-refractivity contribution in [3.63, 3.8) is 0 Å². The molecule has 2 aliphatic heterocycles. The molecule has 3 heterocycles. The van der Waals surface area contributed by atoms with Crippen molar-refractivity contribution in [2.75, 3.05) is 27.4 Å². The summed E-state index contributed by atoms with van der Waals surface area (Å²) < 4.78 is 23.0. The second kappa shape index (κ2) is 7.56. The third-order valence-corrected chi connectivity index (χ3v) is 4.94. The van der Waals surface area contributed by atoms with Crippen molar-refractivity contribution >= 4 is 11.9 Å². The van der Waals surface area contributed by atoms with Crippen LogP contribution in [0.25, 0.3) is 0 Å². The first-order valence-electron chi connectivity index (χ1n) is 8.79. The van der Waals surface area contributed by atoms with Crippen LogP contribution in [-0.4, -0.2) is 72.6 Å². The molecule has 4 rings (SSSR count). The van der Waals surface area contributed by atoms with E-state index in [2.05, 4.69) is 20.4 Å². The molecule has 0 saturated carbocycles. The van der Waals surface area contributed by atoms with E-state index in [4.69, 9.17) is 14.2 Å². The summed E-state index contributed by atoms with van der Waals surface area (Å²) in [5.41, 5.74) is 0.645. The minimum Gasteiger partial charge on any atom is -0.497 e. The summed E-state index contributed by atoms with van der Waals surface area (Å²) in [6.45, 7) is 0.667. The van der Waals surface area contributed by atoms with Crippen LogP contribution >= 0.6 is 0 Å². The smallest absolute Gasteiger partial charge is 0.360 e. The number of benzene rings is 1. The second-order valence-corrected chi connectivity index (χ2v) is 6.55. The van der Waals surface area contributed by atoms with Gasteiger partial charge in [-0.3, -0.25) is 4.79 Å². The lowest BCUT2D eigenvalue weighted by atomic mass is 10.1. The Kier molecular flexibility index (Phi) is 4.97. The highest BCUT2D eigenvalue weighted by atomic mass is 16.6. The fraction of sp³-hybridized carbons (Fsp3) is 0.444. The maximum atomic E-state index is 12.5. The molecule has 28 heavy (non-hydrogen) atoms. The quantitative estimate of drug-likeness (QED) is 0.723. The van der Waals surface area contributed by atoms with Crippen molar-refractivity contribution in [2.45, 2.75) is 24.3 Å². The highest BCUT2D eigenvalue weighted by Gasteiger charge is 2.49. The minimum absolute atomic E-state index is 0.119. The molecule has 2 saturated heterocycles. The molecule has 10 nitrogen and oxygen atoms in total. The van der Waals surface area contributed by atoms with Gasteiger partial charge in [-0.15, -0.1) is 5.10 Å². The van der Waals surface area contributed by atoms with Gasteiger partial charge in [0.05, 0.1) is 39.7 Å². The zero-order valence-electron chi connectivity index (χ0n) is 15.4. The predicted octanol–water partition coefficient (Wildman–Crippen LogP) is 0.211. The van der Waals surface area contributed by atoms with Gasteiger partial charge in [-0.25, -0.2) is 9.48 Å². The summed E-state index contributed by atoms with van der Waals surface area (Å²) in [4.78, 5) is 24.1. The van der Waals surface area contributed by atoms with E-state index in [1.165, 1.54) is 13.3 Å². The van der Waals surface area contributed by atoms with Gasteiger partial charge in [0.2, 0.25) is 0 Å². The molecule has 0 bridgehead atoms. The first kappa shape index (κ1) is 18.4. The monoisotopic (exact) mass is 388 g/mol. The number of ether oxygens (including phenoxy) is 4. The molecule has 1 N–H and O–H groups in total. The average Bonchev–Trinajstić information content (AvgIpc) is 3.44. The largest absolute Gasteiger partial charge is 0.497 e. The normalized spacial score (nSPS) is 25.9. The van der Waals surface area contributed by atoms with Gasteiger partial charge in [0.15, 0.2) is 5.69 Å². The molecule has 1 aromatic heterocycles. The van der Waals surface area contributed by atoms with Gasteiger partial charge in [-0.2, -0.15) is 0 Å². The van der Waals surface area contributed by atoms with Crippen molar-refractivity contribution in [1.29, 1.82) is 0 Å². The number of nitrogens with one attached hydrogen (secondary N) is 1. The van der Waals surface area contributed by atoms with Gasteiger partial charge in [0.1, 0.15) is 24.0 Å². The Morgan fingerprint density at radius 3 is 2.61 bits per heavy atom. The molecule has 2 fully saturated rings. The lowest BCUT2D eigenvalue weighted by Crippen LogP contribution is -2.44. The number of hydrogen-bond acceptors (Lipinski definition) is 8. The van der Waals surface area contributed by atoms with Crippen LogP contribution in [0.2, 0.25) is 0 Å². The SMILES string of the molecule is COC(=O)c1cn(C2COC3C(NC(=O)c4ccc(OC)cc4)COC32)nn1. The molecule has 0 radical (unpaired) electrons. The number of nitrogens with zero attached hydrogens (tertiary/aromatic N) is 3. The maximum absolute atomic E-state index is 12.5. The van der Waals surface area contributed by atoms with Crippen molar-refractivity contribution in [2.24, 2.45) is 0 Å². The van der Waals surface area contributed by atoms with Crippen LogP contribution in [0.3, 0.4) is 0 Å². The molecule has 10 heteroatoms. The number of amides is 1. The summed E-state index contributed by atoms with van der Waals surface area (Å²) in [7, 11) is 2.86. The number of carbonyl (C=O) groups excluding carboxylic acids is 2. The third kappa shape index (κ3) is 3.32. The third-order valence-electron chi connectivity index (χ3n) is 4.94. The molecule has 2 aromatic rings. The Hall–Kier alpha value is -2.98. The van der Waals surface area contributed by atoms with Crippen molar-refractivity contribution in [1.82, 2.24) is 20.3 Å². The van der Waals surface area contributed by atoms with Crippen LogP contribution < -0.4 is 10.1 Å². The van der Waals surface area contributed by atoms with E-state index in [0.29, 0.717) is 24.5 Å². The fourth-order valence-electron chi connectivity index (χ4n) is 3.46. The Balaban J connectivity index is 1.41. The molecule has 4 atom stereocenters.